The number of amides is 1. The molecule has 5 rings (SSSR count). The Hall–Kier alpha value is -3.02. The van der Waals surface area contributed by atoms with Gasteiger partial charge in [0, 0.05) is 17.3 Å². The van der Waals surface area contributed by atoms with Crippen molar-refractivity contribution in [3.05, 3.63) is 82.5 Å². The van der Waals surface area contributed by atoms with Gasteiger partial charge in [-0.25, -0.2) is 9.78 Å². The summed E-state index contributed by atoms with van der Waals surface area (Å²) in [5.41, 5.74) is 4.46. The second kappa shape index (κ2) is 8.89. The monoisotopic (exact) mass is 507 g/mol. The van der Waals surface area contributed by atoms with Crippen molar-refractivity contribution in [1.29, 1.82) is 0 Å². The van der Waals surface area contributed by atoms with Crippen LogP contribution in [0.5, 0.6) is 0 Å². The van der Waals surface area contributed by atoms with Gasteiger partial charge >= 0.3 is 6.09 Å². The van der Waals surface area contributed by atoms with Gasteiger partial charge in [-0.3, -0.25) is 4.40 Å². The Morgan fingerprint density at radius 2 is 1.71 bits per heavy atom. The zero-order valence-electron chi connectivity index (χ0n) is 19.9. The van der Waals surface area contributed by atoms with Gasteiger partial charge in [-0.15, -0.1) is 0 Å². The molecule has 0 bridgehead atoms. The average molecular weight is 508 g/mol. The van der Waals surface area contributed by atoms with Gasteiger partial charge in [0.05, 0.1) is 27.0 Å². The van der Waals surface area contributed by atoms with Crippen LogP contribution in [0.1, 0.15) is 45.6 Å². The number of rotatable bonds is 4. The first-order chi connectivity index (χ1) is 16.7. The number of carbonyl (C=O) groups is 1. The average Bonchev–Trinajstić information content (AvgIpc) is 3.15. The summed E-state index contributed by atoms with van der Waals surface area (Å²) in [5, 5.41) is 4.16. The highest BCUT2D eigenvalue weighted by atomic mass is 35.5. The molecule has 0 spiro atoms. The van der Waals surface area contributed by atoms with Crippen LogP contribution in [0.25, 0.3) is 28.2 Å². The predicted molar refractivity (Wildman–Crippen MR) is 141 cm³/mol. The van der Waals surface area contributed by atoms with E-state index in [1.807, 2.05) is 61.7 Å². The fourth-order valence-corrected chi connectivity index (χ4v) is 5.12. The summed E-state index contributed by atoms with van der Waals surface area (Å²) in [6, 6.07) is 20.0. The van der Waals surface area contributed by atoms with Crippen LogP contribution in [0.4, 0.5) is 4.79 Å². The summed E-state index contributed by atoms with van der Waals surface area (Å²) in [6.45, 7) is 5.61. The van der Waals surface area contributed by atoms with Gasteiger partial charge in [-0.2, -0.15) is 0 Å². The van der Waals surface area contributed by atoms with Gasteiger partial charge in [0.15, 0.2) is 5.65 Å². The lowest BCUT2D eigenvalue weighted by atomic mass is 9.71. The van der Waals surface area contributed by atoms with Gasteiger partial charge in [0.1, 0.15) is 5.60 Å². The van der Waals surface area contributed by atoms with E-state index in [1.54, 1.807) is 6.07 Å². The Morgan fingerprint density at radius 1 is 1.03 bits per heavy atom. The van der Waals surface area contributed by atoms with Crippen LogP contribution in [0, 0.1) is 0 Å². The Balaban J connectivity index is 1.54. The molecule has 2 aromatic carbocycles. The summed E-state index contributed by atoms with van der Waals surface area (Å²) in [7, 11) is 0. The lowest BCUT2D eigenvalue weighted by Gasteiger charge is -2.43. The third-order valence-electron chi connectivity index (χ3n) is 6.35. The lowest BCUT2D eigenvalue weighted by molar-refractivity contribution is 0.0377. The standard InChI is InChI=1S/C28H27Cl2N3O2/c1-27(2,3)35-26(34)32-28(14-7-15-28)20-12-10-18(11-13-20)23-24(19-8-5-4-6-9-19)33-17-21(29)16-22(30)25(33)31-23/h4-6,8-13,16-17H,7,14-15H2,1-3H3,(H,32,34). The fourth-order valence-electron chi connectivity index (χ4n) is 4.61. The second-order valence-electron chi connectivity index (χ2n) is 10.0. The smallest absolute Gasteiger partial charge is 0.408 e. The number of aromatic nitrogens is 2. The maximum atomic E-state index is 12.5. The van der Waals surface area contributed by atoms with E-state index < -0.39 is 11.1 Å². The van der Waals surface area contributed by atoms with Crippen LogP contribution in [0.3, 0.4) is 0 Å². The zero-order chi connectivity index (χ0) is 24.8. The number of alkyl carbamates (subject to hydrolysis) is 1. The Morgan fingerprint density at radius 3 is 2.31 bits per heavy atom. The van der Waals surface area contributed by atoms with Gasteiger partial charge in [0.25, 0.3) is 0 Å². The molecule has 2 aromatic heterocycles. The van der Waals surface area contributed by atoms with E-state index in [9.17, 15) is 4.79 Å². The minimum Gasteiger partial charge on any atom is -0.444 e. The highest BCUT2D eigenvalue weighted by Gasteiger charge is 2.41. The molecule has 1 fully saturated rings. The normalized spacial score (nSPS) is 15.0. The Kier molecular flexibility index (Phi) is 6.02. The largest absolute Gasteiger partial charge is 0.444 e. The summed E-state index contributed by atoms with van der Waals surface area (Å²) < 4.78 is 7.46. The molecule has 1 amide bonds. The number of hydrogen-bond acceptors (Lipinski definition) is 3. The van der Waals surface area contributed by atoms with E-state index in [-0.39, 0.29) is 6.09 Å². The first-order valence-corrected chi connectivity index (χ1v) is 12.5. The first-order valence-electron chi connectivity index (χ1n) is 11.7. The number of imidazole rings is 1. The van der Waals surface area contributed by atoms with Gasteiger partial charge in [-0.1, -0.05) is 77.8 Å². The quantitative estimate of drug-likeness (QED) is 0.305. The maximum Gasteiger partial charge on any atom is 0.408 e. The van der Waals surface area contributed by atoms with Crippen molar-refractivity contribution in [1.82, 2.24) is 14.7 Å². The minimum absolute atomic E-state index is 0.389. The molecule has 0 atom stereocenters. The number of carbonyl (C=O) groups excluding carboxylic acids is 1. The van der Waals surface area contributed by atoms with Crippen molar-refractivity contribution >= 4 is 34.9 Å². The molecule has 2 heterocycles. The lowest BCUT2D eigenvalue weighted by Crippen LogP contribution is -2.52. The molecule has 0 aliphatic heterocycles. The van der Waals surface area contributed by atoms with E-state index in [4.69, 9.17) is 32.9 Å². The second-order valence-corrected chi connectivity index (χ2v) is 10.9. The van der Waals surface area contributed by atoms with E-state index in [1.165, 1.54) is 0 Å². The molecule has 1 aliphatic carbocycles. The number of halogens is 2. The van der Waals surface area contributed by atoms with Crippen molar-refractivity contribution in [3.8, 4) is 22.5 Å². The fraction of sp³-hybridized carbons (Fsp3) is 0.286. The first kappa shape index (κ1) is 23.7. The molecule has 0 radical (unpaired) electrons. The van der Waals surface area contributed by atoms with Crippen molar-refractivity contribution < 1.29 is 9.53 Å². The molecule has 1 aliphatic rings. The van der Waals surface area contributed by atoms with Crippen molar-refractivity contribution in [2.45, 2.75) is 51.2 Å². The molecule has 35 heavy (non-hydrogen) atoms. The molecular formula is C28H27Cl2N3O2. The van der Waals surface area contributed by atoms with Gasteiger partial charge < -0.3 is 10.1 Å². The number of nitrogens with zero attached hydrogens (tertiary/aromatic N) is 2. The van der Waals surface area contributed by atoms with Crippen LogP contribution >= 0.6 is 23.2 Å². The van der Waals surface area contributed by atoms with Gasteiger partial charge in [0.2, 0.25) is 0 Å². The Labute approximate surface area is 215 Å². The molecular weight excluding hydrogens is 481 g/mol. The highest BCUT2D eigenvalue weighted by Crippen LogP contribution is 2.43. The Bertz CT molecular complexity index is 1390. The minimum atomic E-state index is -0.542. The van der Waals surface area contributed by atoms with Crippen LogP contribution in [-0.2, 0) is 10.3 Å². The van der Waals surface area contributed by atoms with Crippen LogP contribution in [-0.4, -0.2) is 21.1 Å². The van der Waals surface area contributed by atoms with Crippen molar-refractivity contribution in [2.75, 3.05) is 0 Å². The molecule has 1 N–H and O–H groups in total. The van der Waals surface area contributed by atoms with Crippen LogP contribution in [0.2, 0.25) is 10.0 Å². The van der Waals surface area contributed by atoms with Crippen LogP contribution < -0.4 is 5.32 Å². The molecule has 7 heteroatoms. The maximum absolute atomic E-state index is 12.5. The van der Waals surface area contributed by atoms with E-state index in [0.717, 1.165) is 47.3 Å². The number of ether oxygens (including phenoxy) is 1. The topological polar surface area (TPSA) is 55.6 Å². The third kappa shape index (κ3) is 4.63. The van der Waals surface area contributed by atoms with Crippen molar-refractivity contribution in [2.24, 2.45) is 0 Å². The van der Waals surface area contributed by atoms with E-state index in [2.05, 4.69) is 29.6 Å². The molecule has 4 aromatic rings. The molecule has 180 valence electrons. The van der Waals surface area contributed by atoms with E-state index in [0.29, 0.717) is 15.7 Å². The summed E-state index contributed by atoms with van der Waals surface area (Å²) in [5.74, 6) is 0. The highest BCUT2D eigenvalue weighted by molar-refractivity contribution is 6.36. The SMILES string of the molecule is CC(C)(C)OC(=O)NC1(c2ccc(-c3nc4c(Cl)cc(Cl)cn4c3-c3ccccc3)cc2)CCC1. The summed E-state index contributed by atoms with van der Waals surface area (Å²) in [6.07, 6.45) is 4.26. The number of fused-ring (bicyclic) bond motifs is 1. The van der Waals surface area contributed by atoms with Crippen molar-refractivity contribution in [3.63, 3.8) is 0 Å². The van der Waals surface area contributed by atoms with Crippen LogP contribution in [0.15, 0.2) is 66.9 Å². The molecule has 0 unspecified atom stereocenters. The van der Waals surface area contributed by atoms with Gasteiger partial charge in [-0.05, 0) is 51.7 Å². The molecule has 1 saturated carbocycles. The number of pyridine rings is 1. The number of hydrogen-bond donors (Lipinski definition) is 1. The summed E-state index contributed by atoms with van der Waals surface area (Å²) in [4.78, 5) is 17.4. The predicted octanol–water partition coefficient (Wildman–Crippen LogP) is 7.88. The number of nitrogens with one attached hydrogen (secondary N) is 1. The molecule has 0 saturated heterocycles. The van der Waals surface area contributed by atoms with E-state index >= 15 is 0 Å². The number of benzene rings is 2. The summed E-state index contributed by atoms with van der Waals surface area (Å²) >= 11 is 12.8. The zero-order valence-corrected chi connectivity index (χ0v) is 21.5. The molecule has 5 nitrogen and oxygen atoms in total. The third-order valence-corrected chi connectivity index (χ3v) is 6.83.